The molecule has 0 heterocycles. The molecule has 0 saturated heterocycles. The van der Waals surface area contributed by atoms with Gasteiger partial charge < -0.3 is 15.7 Å². The first-order chi connectivity index (χ1) is 11.4. The Balaban J connectivity index is 4.00. The Kier molecular flexibility index (Phi) is 13.6. The van der Waals surface area contributed by atoms with Gasteiger partial charge in [0, 0.05) is 13.0 Å². The quantitative estimate of drug-likeness (QED) is 0.424. The van der Waals surface area contributed by atoms with E-state index >= 15 is 0 Å². The molecule has 5 heteroatoms. The number of aliphatic hydroxyl groups is 1. The molecule has 0 aliphatic rings. The molecule has 0 aromatic rings. The van der Waals surface area contributed by atoms with E-state index in [2.05, 4.69) is 31.4 Å². The van der Waals surface area contributed by atoms with E-state index in [1.165, 1.54) is 32.6 Å². The maximum atomic E-state index is 12.1. The minimum atomic E-state index is -0.921. The van der Waals surface area contributed by atoms with Gasteiger partial charge in [-0.15, -0.1) is 0 Å². The van der Waals surface area contributed by atoms with Gasteiger partial charge in [0.1, 0.15) is 6.04 Å². The van der Waals surface area contributed by atoms with Gasteiger partial charge in [-0.2, -0.15) is 0 Å². The molecular weight excluding hydrogens is 304 g/mol. The monoisotopic (exact) mass is 341 g/mol. The van der Waals surface area contributed by atoms with Gasteiger partial charge in [-0.1, -0.05) is 59.3 Å². The number of hydrogen-bond donors (Lipinski definition) is 3. The SMILES string of the molecule is CCCCCCCCCC(=O)N[C@H](C(=O)N[CH]CC(C)C)[C@@H](C)O. The lowest BCUT2D eigenvalue weighted by Gasteiger charge is -2.21. The molecule has 2 atom stereocenters. The Morgan fingerprint density at radius 1 is 1.00 bits per heavy atom. The van der Waals surface area contributed by atoms with Crippen molar-refractivity contribution in [2.24, 2.45) is 5.92 Å². The molecule has 0 aliphatic heterocycles. The van der Waals surface area contributed by atoms with Crippen molar-refractivity contribution < 1.29 is 14.7 Å². The van der Waals surface area contributed by atoms with E-state index < -0.39 is 12.1 Å². The summed E-state index contributed by atoms with van der Waals surface area (Å²) in [6.07, 6.45) is 8.24. The van der Waals surface area contributed by atoms with Crippen molar-refractivity contribution in [3.8, 4) is 0 Å². The van der Waals surface area contributed by atoms with Gasteiger partial charge >= 0.3 is 0 Å². The molecule has 2 amide bonds. The Morgan fingerprint density at radius 3 is 2.12 bits per heavy atom. The van der Waals surface area contributed by atoms with Gasteiger partial charge in [-0.05, 0) is 25.7 Å². The topological polar surface area (TPSA) is 78.4 Å². The Morgan fingerprint density at radius 2 is 1.58 bits per heavy atom. The smallest absolute Gasteiger partial charge is 0.245 e. The lowest BCUT2D eigenvalue weighted by molar-refractivity contribution is -0.131. The van der Waals surface area contributed by atoms with Crippen LogP contribution in [0.1, 0.15) is 85.5 Å². The van der Waals surface area contributed by atoms with Crippen molar-refractivity contribution in [3.63, 3.8) is 0 Å². The zero-order valence-electron chi connectivity index (χ0n) is 15.9. The first kappa shape index (κ1) is 22.9. The first-order valence-electron chi connectivity index (χ1n) is 9.48. The Hall–Kier alpha value is -1.10. The van der Waals surface area contributed by atoms with E-state index in [1.807, 2.05) is 0 Å². The predicted octanol–water partition coefficient (Wildman–Crippen LogP) is 3.32. The summed E-state index contributed by atoms with van der Waals surface area (Å²) in [5, 5.41) is 15.0. The van der Waals surface area contributed by atoms with Crippen LogP contribution in [0.5, 0.6) is 0 Å². The molecular formula is C19H37N2O3. The number of carbonyl (C=O) groups is 2. The van der Waals surface area contributed by atoms with Gasteiger partial charge in [-0.3, -0.25) is 9.59 Å². The lowest BCUT2D eigenvalue weighted by Crippen LogP contribution is -2.51. The van der Waals surface area contributed by atoms with Crippen LogP contribution in [0, 0.1) is 12.5 Å². The fourth-order valence-electron chi connectivity index (χ4n) is 2.38. The van der Waals surface area contributed by atoms with E-state index in [1.54, 1.807) is 6.54 Å². The fourth-order valence-corrected chi connectivity index (χ4v) is 2.38. The normalized spacial score (nSPS) is 13.6. The summed E-state index contributed by atoms with van der Waals surface area (Å²) >= 11 is 0. The van der Waals surface area contributed by atoms with Crippen LogP contribution in [0.2, 0.25) is 0 Å². The van der Waals surface area contributed by atoms with Crippen LogP contribution in [0.3, 0.4) is 0 Å². The van der Waals surface area contributed by atoms with Crippen molar-refractivity contribution in [2.45, 2.75) is 97.6 Å². The second-order valence-electron chi connectivity index (χ2n) is 7.00. The van der Waals surface area contributed by atoms with Crippen molar-refractivity contribution in [2.75, 3.05) is 0 Å². The van der Waals surface area contributed by atoms with Crippen molar-refractivity contribution in [1.82, 2.24) is 10.6 Å². The van der Waals surface area contributed by atoms with Gasteiger partial charge in [0.2, 0.25) is 11.8 Å². The molecule has 0 rings (SSSR count). The summed E-state index contributed by atoms with van der Waals surface area (Å²) in [5.74, 6) is -0.0887. The van der Waals surface area contributed by atoms with E-state index in [4.69, 9.17) is 0 Å². The third-order valence-corrected chi connectivity index (χ3v) is 3.92. The molecule has 0 aliphatic carbocycles. The van der Waals surface area contributed by atoms with Crippen LogP contribution < -0.4 is 10.6 Å². The molecule has 3 N–H and O–H groups in total. The summed E-state index contributed by atoms with van der Waals surface area (Å²) in [6, 6.07) is -0.898. The van der Waals surface area contributed by atoms with Crippen LogP contribution in [-0.2, 0) is 9.59 Å². The summed E-state index contributed by atoms with van der Waals surface area (Å²) in [5.41, 5.74) is 0. The van der Waals surface area contributed by atoms with Gasteiger partial charge in [0.25, 0.3) is 0 Å². The highest BCUT2D eigenvalue weighted by molar-refractivity contribution is 5.88. The van der Waals surface area contributed by atoms with E-state index in [0.717, 1.165) is 25.7 Å². The lowest BCUT2D eigenvalue weighted by atomic mass is 10.1. The number of unbranched alkanes of at least 4 members (excludes halogenated alkanes) is 6. The van der Waals surface area contributed by atoms with E-state index in [9.17, 15) is 14.7 Å². The van der Waals surface area contributed by atoms with Crippen molar-refractivity contribution >= 4 is 11.8 Å². The van der Waals surface area contributed by atoms with Crippen LogP contribution >= 0.6 is 0 Å². The average Bonchev–Trinajstić information content (AvgIpc) is 2.50. The van der Waals surface area contributed by atoms with Crippen molar-refractivity contribution in [1.29, 1.82) is 0 Å². The fraction of sp³-hybridized carbons (Fsp3) is 0.842. The largest absolute Gasteiger partial charge is 0.391 e. The molecule has 5 nitrogen and oxygen atoms in total. The number of hydrogen-bond acceptors (Lipinski definition) is 3. The molecule has 0 saturated carbocycles. The van der Waals surface area contributed by atoms with Gasteiger partial charge in [0.05, 0.1) is 6.10 Å². The van der Waals surface area contributed by atoms with Crippen LogP contribution in [0.25, 0.3) is 0 Å². The van der Waals surface area contributed by atoms with Gasteiger partial charge in [0.15, 0.2) is 0 Å². The number of amides is 2. The first-order valence-corrected chi connectivity index (χ1v) is 9.48. The molecule has 0 aromatic heterocycles. The summed E-state index contributed by atoms with van der Waals surface area (Å²) in [4.78, 5) is 24.0. The highest BCUT2D eigenvalue weighted by Gasteiger charge is 2.25. The summed E-state index contributed by atoms with van der Waals surface area (Å²) < 4.78 is 0. The minimum Gasteiger partial charge on any atom is -0.391 e. The average molecular weight is 342 g/mol. The maximum Gasteiger partial charge on any atom is 0.245 e. The molecule has 0 unspecified atom stereocenters. The molecule has 0 bridgehead atoms. The zero-order chi connectivity index (χ0) is 18.4. The minimum absolute atomic E-state index is 0.173. The van der Waals surface area contributed by atoms with Gasteiger partial charge in [-0.25, -0.2) is 0 Å². The molecule has 0 aromatic carbocycles. The van der Waals surface area contributed by atoms with Crippen LogP contribution in [0.4, 0.5) is 0 Å². The molecule has 0 fully saturated rings. The Labute approximate surface area is 148 Å². The number of carbonyl (C=O) groups excluding carboxylic acids is 2. The molecule has 24 heavy (non-hydrogen) atoms. The zero-order valence-corrected chi connectivity index (χ0v) is 15.9. The number of aliphatic hydroxyl groups excluding tert-OH is 1. The maximum absolute atomic E-state index is 12.1. The van der Waals surface area contributed by atoms with E-state index in [0.29, 0.717) is 12.3 Å². The summed E-state index contributed by atoms with van der Waals surface area (Å²) in [6.45, 7) is 9.50. The van der Waals surface area contributed by atoms with Crippen LogP contribution in [0.15, 0.2) is 0 Å². The predicted molar refractivity (Wildman–Crippen MR) is 98.1 cm³/mol. The summed E-state index contributed by atoms with van der Waals surface area (Å²) in [7, 11) is 0. The molecule has 141 valence electrons. The second-order valence-corrected chi connectivity index (χ2v) is 7.00. The number of rotatable bonds is 14. The van der Waals surface area contributed by atoms with E-state index in [-0.39, 0.29) is 11.8 Å². The number of nitrogens with one attached hydrogen (secondary N) is 2. The standard InChI is InChI=1S/C19H37N2O3/c1-5-6-7-8-9-10-11-12-17(23)21-18(16(4)22)19(24)20-14-13-15(2)3/h14-16,18,22H,5-13H2,1-4H3,(H,20,24)(H,21,23)/t16-,18+/m1/s1. The third kappa shape index (κ3) is 12.3. The molecule has 1 radical (unpaired) electrons. The molecule has 0 spiro atoms. The third-order valence-electron chi connectivity index (χ3n) is 3.92. The highest BCUT2D eigenvalue weighted by atomic mass is 16.3. The second kappa shape index (κ2) is 14.3. The van der Waals surface area contributed by atoms with Crippen molar-refractivity contribution in [3.05, 3.63) is 6.54 Å². The van der Waals surface area contributed by atoms with Crippen LogP contribution in [-0.4, -0.2) is 29.1 Å². The highest BCUT2D eigenvalue weighted by Crippen LogP contribution is 2.08. The Bertz CT molecular complexity index is 344.